The maximum absolute atomic E-state index is 12.9. The molecule has 86 valence electrons. The van der Waals surface area contributed by atoms with Crippen molar-refractivity contribution in [1.29, 1.82) is 0 Å². The smallest absolute Gasteiger partial charge is 0.211 e. The lowest BCUT2D eigenvalue weighted by molar-refractivity contribution is 0.146. The van der Waals surface area contributed by atoms with E-state index in [0.717, 1.165) is 6.26 Å². The lowest BCUT2D eigenvalue weighted by Crippen LogP contribution is -2.43. The molecule has 0 aromatic carbocycles. The highest BCUT2D eigenvalue weighted by molar-refractivity contribution is 7.88. The highest BCUT2D eigenvalue weighted by Gasteiger charge is 2.29. The van der Waals surface area contributed by atoms with E-state index in [9.17, 15) is 12.8 Å². The fourth-order valence-electron chi connectivity index (χ4n) is 1.38. The Bertz CT molecular complexity index is 254. The van der Waals surface area contributed by atoms with Gasteiger partial charge in [0.2, 0.25) is 10.0 Å². The normalized spacial score (nSPS) is 29.2. The summed E-state index contributed by atoms with van der Waals surface area (Å²) < 4.78 is 36.3. The standard InChI is InChI=1S/C7H14FNO2S.C2H6/c1-6-5-9(12(2,10)11)4-3-7(6)8;1-2/h6-7H,3-5H2,1-2H3;1-2H3/t6-,7+;/m1./s1. The van der Waals surface area contributed by atoms with Gasteiger partial charge in [0.05, 0.1) is 6.26 Å². The van der Waals surface area contributed by atoms with E-state index in [2.05, 4.69) is 0 Å². The number of nitrogens with zero attached hydrogens (tertiary/aromatic N) is 1. The van der Waals surface area contributed by atoms with Gasteiger partial charge in [-0.15, -0.1) is 0 Å². The van der Waals surface area contributed by atoms with Gasteiger partial charge in [0.15, 0.2) is 0 Å². The second-order valence-corrected chi connectivity index (χ2v) is 5.39. The summed E-state index contributed by atoms with van der Waals surface area (Å²) in [6.07, 6.45) is 0.648. The van der Waals surface area contributed by atoms with Crippen molar-refractivity contribution in [3.8, 4) is 0 Å². The number of hydrogen-bond acceptors (Lipinski definition) is 2. The Morgan fingerprint density at radius 3 is 2.21 bits per heavy atom. The average Bonchev–Trinajstić information content (AvgIpc) is 2.11. The van der Waals surface area contributed by atoms with Gasteiger partial charge in [0.1, 0.15) is 6.17 Å². The van der Waals surface area contributed by atoms with E-state index in [1.165, 1.54) is 4.31 Å². The van der Waals surface area contributed by atoms with Crippen molar-refractivity contribution in [2.24, 2.45) is 5.92 Å². The van der Waals surface area contributed by atoms with E-state index in [0.29, 0.717) is 19.5 Å². The molecule has 0 amide bonds. The molecular formula is C9H20FNO2S. The van der Waals surface area contributed by atoms with Crippen molar-refractivity contribution in [3.63, 3.8) is 0 Å². The third-order valence-corrected chi connectivity index (χ3v) is 3.50. The first-order chi connectivity index (χ1) is 6.41. The Hall–Kier alpha value is -0.160. The number of alkyl halides is 1. The van der Waals surface area contributed by atoms with Crippen LogP contribution in [-0.4, -0.2) is 38.2 Å². The number of hydrogen-bond donors (Lipinski definition) is 0. The largest absolute Gasteiger partial charge is 0.247 e. The van der Waals surface area contributed by atoms with Gasteiger partial charge in [-0.3, -0.25) is 0 Å². The Kier molecular flexibility index (Phi) is 5.59. The van der Waals surface area contributed by atoms with Crippen LogP contribution < -0.4 is 0 Å². The molecule has 0 bridgehead atoms. The molecule has 1 rings (SSSR count). The summed E-state index contributed by atoms with van der Waals surface area (Å²) in [7, 11) is -3.12. The summed E-state index contributed by atoms with van der Waals surface area (Å²) in [6.45, 7) is 6.38. The van der Waals surface area contributed by atoms with E-state index in [-0.39, 0.29) is 5.92 Å². The zero-order valence-electron chi connectivity index (χ0n) is 9.33. The molecule has 1 aliphatic rings. The topological polar surface area (TPSA) is 37.4 Å². The van der Waals surface area contributed by atoms with E-state index in [4.69, 9.17) is 0 Å². The Morgan fingerprint density at radius 2 is 1.86 bits per heavy atom. The van der Waals surface area contributed by atoms with Gasteiger partial charge in [0.25, 0.3) is 0 Å². The molecule has 14 heavy (non-hydrogen) atoms. The van der Waals surface area contributed by atoms with Crippen molar-refractivity contribution in [2.45, 2.75) is 33.4 Å². The molecule has 0 radical (unpaired) electrons. The van der Waals surface area contributed by atoms with Gasteiger partial charge >= 0.3 is 0 Å². The molecule has 0 aromatic rings. The van der Waals surface area contributed by atoms with Gasteiger partial charge in [-0.05, 0) is 6.42 Å². The number of sulfonamides is 1. The van der Waals surface area contributed by atoms with Crippen LogP contribution in [0, 0.1) is 5.92 Å². The lowest BCUT2D eigenvalue weighted by atomic mass is 10.00. The first kappa shape index (κ1) is 13.8. The quantitative estimate of drug-likeness (QED) is 0.680. The van der Waals surface area contributed by atoms with Crippen LogP contribution in [0.25, 0.3) is 0 Å². The molecule has 2 atom stereocenters. The van der Waals surface area contributed by atoms with Crippen LogP contribution in [0.4, 0.5) is 4.39 Å². The van der Waals surface area contributed by atoms with Crippen LogP contribution in [0.1, 0.15) is 27.2 Å². The molecule has 0 N–H and O–H groups in total. The van der Waals surface area contributed by atoms with Crippen LogP contribution in [-0.2, 0) is 10.0 Å². The van der Waals surface area contributed by atoms with Gasteiger partial charge < -0.3 is 0 Å². The van der Waals surface area contributed by atoms with Crippen LogP contribution in [0.15, 0.2) is 0 Å². The molecule has 0 aliphatic carbocycles. The van der Waals surface area contributed by atoms with Crippen molar-refractivity contribution in [2.75, 3.05) is 19.3 Å². The molecule has 5 heteroatoms. The second-order valence-electron chi connectivity index (χ2n) is 3.40. The zero-order chi connectivity index (χ0) is 11.4. The molecule has 1 saturated heterocycles. The number of piperidine rings is 1. The summed E-state index contributed by atoms with van der Waals surface area (Å²) in [5.74, 6) is -0.173. The summed E-state index contributed by atoms with van der Waals surface area (Å²) in [5.41, 5.74) is 0. The lowest BCUT2D eigenvalue weighted by Gasteiger charge is -2.31. The Balaban J connectivity index is 0.000000791. The highest BCUT2D eigenvalue weighted by atomic mass is 32.2. The SMILES string of the molecule is CC.C[C@@H]1CN(S(C)(=O)=O)CC[C@@H]1F. The zero-order valence-corrected chi connectivity index (χ0v) is 10.1. The molecule has 1 heterocycles. The maximum atomic E-state index is 12.9. The second kappa shape index (κ2) is 5.66. The van der Waals surface area contributed by atoms with Crippen molar-refractivity contribution in [1.82, 2.24) is 4.31 Å². The van der Waals surface area contributed by atoms with Crippen LogP contribution >= 0.6 is 0 Å². The molecule has 1 aliphatic heterocycles. The van der Waals surface area contributed by atoms with Crippen molar-refractivity contribution < 1.29 is 12.8 Å². The minimum atomic E-state index is -3.12. The van der Waals surface area contributed by atoms with Crippen LogP contribution in [0.5, 0.6) is 0 Å². The monoisotopic (exact) mass is 225 g/mol. The molecular weight excluding hydrogens is 205 g/mol. The Morgan fingerprint density at radius 1 is 1.36 bits per heavy atom. The van der Waals surface area contributed by atoms with E-state index >= 15 is 0 Å². The highest BCUT2D eigenvalue weighted by Crippen LogP contribution is 2.20. The summed E-state index contributed by atoms with van der Waals surface area (Å²) >= 11 is 0. The molecule has 1 fully saturated rings. The van der Waals surface area contributed by atoms with Crippen LogP contribution in [0.2, 0.25) is 0 Å². The molecule has 0 saturated carbocycles. The van der Waals surface area contributed by atoms with E-state index < -0.39 is 16.2 Å². The summed E-state index contributed by atoms with van der Waals surface area (Å²) in [6, 6.07) is 0. The fourth-order valence-corrected chi connectivity index (χ4v) is 2.32. The van der Waals surface area contributed by atoms with Gasteiger partial charge in [-0.25, -0.2) is 17.1 Å². The minimum Gasteiger partial charge on any atom is -0.247 e. The molecule has 3 nitrogen and oxygen atoms in total. The van der Waals surface area contributed by atoms with Gasteiger partial charge in [-0.2, -0.15) is 0 Å². The van der Waals surface area contributed by atoms with E-state index in [1.807, 2.05) is 13.8 Å². The molecule has 0 unspecified atom stereocenters. The third kappa shape index (κ3) is 3.92. The van der Waals surface area contributed by atoms with Crippen molar-refractivity contribution >= 4 is 10.0 Å². The van der Waals surface area contributed by atoms with Crippen molar-refractivity contribution in [3.05, 3.63) is 0 Å². The predicted octanol–water partition coefficient (Wildman–Crippen LogP) is 1.65. The molecule has 0 spiro atoms. The first-order valence-corrected chi connectivity index (χ1v) is 6.85. The number of halogens is 1. The van der Waals surface area contributed by atoms with Gasteiger partial charge in [-0.1, -0.05) is 20.8 Å². The Labute approximate surface area is 86.3 Å². The summed E-state index contributed by atoms with van der Waals surface area (Å²) in [4.78, 5) is 0. The first-order valence-electron chi connectivity index (χ1n) is 5.00. The predicted molar refractivity (Wildman–Crippen MR) is 56.4 cm³/mol. The van der Waals surface area contributed by atoms with Gasteiger partial charge in [0, 0.05) is 19.0 Å². The minimum absolute atomic E-state index is 0.173. The fraction of sp³-hybridized carbons (Fsp3) is 1.00. The molecule has 0 aromatic heterocycles. The number of rotatable bonds is 1. The maximum Gasteiger partial charge on any atom is 0.211 e. The summed E-state index contributed by atoms with van der Waals surface area (Å²) in [5, 5.41) is 0. The van der Waals surface area contributed by atoms with Crippen LogP contribution in [0.3, 0.4) is 0 Å². The van der Waals surface area contributed by atoms with E-state index in [1.54, 1.807) is 6.92 Å². The average molecular weight is 225 g/mol. The third-order valence-electron chi connectivity index (χ3n) is 2.23.